The lowest BCUT2D eigenvalue weighted by atomic mass is 10.0. The van der Waals surface area contributed by atoms with Crippen LogP contribution < -0.4 is 4.74 Å². The Morgan fingerprint density at radius 2 is 2.00 bits per heavy atom. The largest absolute Gasteiger partial charge is 0.438 e. The SMILES string of the molecule is Cc1ccc(C(C)C)c(Oc2c(C=O)c(C)nn2C)c1. The fraction of sp³-hybridized carbons (Fsp3) is 0.375. The van der Waals surface area contributed by atoms with Gasteiger partial charge < -0.3 is 4.74 Å². The number of ether oxygens (including phenoxy) is 1. The Hall–Kier alpha value is -2.10. The molecule has 1 aromatic carbocycles. The molecule has 0 saturated heterocycles. The molecule has 0 amide bonds. The number of carbonyl (C=O) groups excluding carboxylic acids is 1. The Bertz CT molecular complexity index is 642. The highest BCUT2D eigenvalue weighted by Gasteiger charge is 2.17. The van der Waals surface area contributed by atoms with Crippen LogP contribution in [0.3, 0.4) is 0 Å². The van der Waals surface area contributed by atoms with Crippen molar-refractivity contribution in [2.45, 2.75) is 33.6 Å². The fourth-order valence-electron chi connectivity index (χ4n) is 2.22. The maximum Gasteiger partial charge on any atom is 0.228 e. The monoisotopic (exact) mass is 272 g/mol. The molecule has 0 bridgehead atoms. The second-order valence-electron chi connectivity index (χ2n) is 5.34. The van der Waals surface area contributed by atoms with Gasteiger partial charge in [-0.15, -0.1) is 0 Å². The first-order valence-electron chi connectivity index (χ1n) is 6.71. The van der Waals surface area contributed by atoms with Gasteiger partial charge >= 0.3 is 0 Å². The molecule has 0 aliphatic heterocycles. The van der Waals surface area contributed by atoms with Gasteiger partial charge in [0.1, 0.15) is 5.75 Å². The van der Waals surface area contributed by atoms with Gasteiger partial charge in [0.05, 0.1) is 11.3 Å². The van der Waals surface area contributed by atoms with Crippen molar-refractivity contribution in [3.8, 4) is 11.6 Å². The highest BCUT2D eigenvalue weighted by Crippen LogP contribution is 2.33. The Morgan fingerprint density at radius 1 is 1.30 bits per heavy atom. The van der Waals surface area contributed by atoms with Crippen LogP contribution in [0, 0.1) is 13.8 Å². The first kappa shape index (κ1) is 14.3. The molecule has 0 unspecified atom stereocenters. The number of carbonyl (C=O) groups is 1. The molecule has 20 heavy (non-hydrogen) atoms. The van der Waals surface area contributed by atoms with Crippen molar-refractivity contribution in [2.75, 3.05) is 0 Å². The summed E-state index contributed by atoms with van der Waals surface area (Å²) in [7, 11) is 1.78. The maximum absolute atomic E-state index is 11.2. The van der Waals surface area contributed by atoms with E-state index in [1.165, 1.54) is 0 Å². The van der Waals surface area contributed by atoms with Gasteiger partial charge in [-0.2, -0.15) is 5.10 Å². The Morgan fingerprint density at radius 3 is 2.60 bits per heavy atom. The van der Waals surface area contributed by atoms with Gasteiger partial charge in [-0.25, -0.2) is 4.68 Å². The Balaban J connectivity index is 2.49. The van der Waals surface area contributed by atoms with E-state index in [4.69, 9.17) is 4.74 Å². The third-order valence-electron chi connectivity index (χ3n) is 3.33. The molecule has 0 aliphatic carbocycles. The molecule has 0 saturated carbocycles. The van der Waals surface area contributed by atoms with E-state index in [1.54, 1.807) is 18.7 Å². The summed E-state index contributed by atoms with van der Waals surface area (Å²) >= 11 is 0. The van der Waals surface area contributed by atoms with Gasteiger partial charge in [0.2, 0.25) is 5.88 Å². The fourth-order valence-corrected chi connectivity index (χ4v) is 2.22. The molecule has 106 valence electrons. The standard InChI is InChI=1S/C16H20N2O2/c1-10(2)13-7-6-11(3)8-15(13)20-16-14(9-19)12(4)17-18(16)5/h6-10H,1-5H3. The summed E-state index contributed by atoms with van der Waals surface area (Å²) in [5.41, 5.74) is 3.42. The summed E-state index contributed by atoms with van der Waals surface area (Å²) < 4.78 is 7.60. The molecule has 0 fully saturated rings. The van der Waals surface area contributed by atoms with Crippen molar-refractivity contribution < 1.29 is 9.53 Å². The van der Waals surface area contributed by atoms with E-state index >= 15 is 0 Å². The number of hydrogen-bond acceptors (Lipinski definition) is 3. The quantitative estimate of drug-likeness (QED) is 0.796. The number of nitrogens with zero attached hydrogens (tertiary/aromatic N) is 2. The van der Waals surface area contributed by atoms with Crippen molar-refractivity contribution in [1.29, 1.82) is 0 Å². The van der Waals surface area contributed by atoms with Crippen molar-refractivity contribution in [1.82, 2.24) is 9.78 Å². The van der Waals surface area contributed by atoms with Gasteiger partial charge in [0.25, 0.3) is 0 Å². The number of rotatable bonds is 4. The minimum atomic E-state index is 0.347. The zero-order chi connectivity index (χ0) is 14.9. The summed E-state index contributed by atoms with van der Waals surface area (Å²) in [4.78, 5) is 11.2. The van der Waals surface area contributed by atoms with E-state index in [2.05, 4.69) is 31.1 Å². The summed E-state index contributed by atoms with van der Waals surface area (Å²) in [5.74, 6) is 1.62. The normalized spacial score (nSPS) is 10.9. The predicted molar refractivity (Wildman–Crippen MR) is 78.7 cm³/mol. The Kier molecular flexibility index (Phi) is 3.93. The van der Waals surface area contributed by atoms with Crippen molar-refractivity contribution in [2.24, 2.45) is 7.05 Å². The summed E-state index contributed by atoms with van der Waals surface area (Å²) in [6.45, 7) is 8.06. The molecular weight excluding hydrogens is 252 g/mol. The number of benzene rings is 1. The molecule has 0 atom stereocenters. The average molecular weight is 272 g/mol. The molecule has 4 heteroatoms. The van der Waals surface area contributed by atoms with Crippen molar-refractivity contribution >= 4 is 6.29 Å². The molecule has 4 nitrogen and oxygen atoms in total. The first-order valence-corrected chi connectivity index (χ1v) is 6.71. The molecule has 0 N–H and O–H groups in total. The lowest BCUT2D eigenvalue weighted by molar-refractivity contribution is 0.112. The average Bonchev–Trinajstić information content (AvgIpc) is 2.63. The maximum atomic E-state index is 11.2. The lowest BCUT2D eigenvalue weighted by Crippen LogP contribution is -2.00. The van der Waals surface area contributed by atoms with E-state index in [0.717, 1.165) is 23.2 Å². The van der Waals surface area contributed by atoms with Crippen LogP contribution in [-0.4, -0.2) is 16.1 Å². The van der Waals surface area contributed by atoms with Crippen LogP contribution in [0.5, 0.6) is 11.6 Å². The van der Waals surface area contributed by atoms with Crippen LogP contribution in [-0.2, 0) is 7.05 Å². The number of aldehydes is 1. The zero-order valence-electron chi connectivity index (χ0n) is 12.6. The van der Waals surface area contributed by atoms with E-state index < -0.39 is 0 Å². The van der Waals surface area contributed by atoms with E-state index in [-0.39, 0.29) is 0 Å². The van der Waals surface area contributed by atoms with Crippen molar-refractivity contribution in [3.05, 3.63) is 40.6 Å². The van der Waals surface area contributed by atoms with Crippen LogP contribution in [0.25, 0.3) is 0 Å². The number of hydrogen-bond donors (Lipinski definition) is 0. The van der Waals surface area contributed by atoms with Gasteiger partial charge in [-0.3, -0.25) is 4.79 Å². The predicted octanol–water partition coefficient (Wildman–Crippen LogP) is 3.77. The van der Waals surface area contributed by atoms with Crippen LogP contribution in [0.15, 0.2) is 18.2 Å². The molecular formula is C16H20N2O2. The van der Waals surface area contributed by atoms with Crippen molar-refractivity contribution in [3.63, 3.8) is 0 Å². The number of aromatic nitrogens is 2. The lowest BCUT2D eigenvalue weighted by Gasteiger charge is -2.14. The topological polar surface area (TPSA) is 44.1 Å². The molecule has 0 aliphatic rings. The van der Waals surface area contributed by atoms with Gasteiger partial charge in [0, 0.05) is 7.05 Å². The molecule has 0 radical (unpaired) electrons. The second kappa shape index (κ2) is 5.49. The third kappa shape index (κ3) is 2.59. The molecule has 1 aromatic heterocycles. The van der Waals surface area contributed by atoms with Gasteiger partial charge in [-0.05, 0) is 37.0 Å². The summed E-state index contributed by atoms with van der Waals surface area (Å²) in [5, 5.41) is 4.24. The van der Waals surface area contributed by atoms with E-state index in [1.807, 2.05) is 13.0 Å². The zero-order valence-corrected chi connectivity index (χ0v) is 12.6. The van der Waals surface area contributed by atoms with Gasteiger partial charge in [0.15, 0.2) is 6.29 Å². The number of aryl methyl sites for hydroxylation is 3. The second-order valence-corrected chi connectivity index (χ2v) is 5.34. The summed E-state index contributed by atoms with van der Waals surface area (Å²) in [6.07, 6.45) is 0.794. The van der Waals surface area contributed by atoms with E-state index in [0.29, 0.717) is 23.1 Å². The highest BCUT2D eigenvalue weighted by atomic mass is 16.5. The molecule has 2 aromatic rings. The third-order valence-corrected chi connectivity index (χ3v) is 3.33. The molecule has 0 spiro atoms. The van der Waals surface area contributed by atoms with Crippen LogP contribution in [0.1, 0.15) is 46.9 Å². The van der Waals surface area contributed by atoms with Crippen LogP contribution >= 0.6 is 0 Å². The van der Waals surface area contributed by atoms with Gasteiger partial charge in [-0.1, -0.05) is 26.0 Å². The highest BCUT2D eigenvalue weighted by molar-refractivity contribution is 5.80. The minimum Gasteiger partial charge on any atom is -0.438 e. The van der Waals surface area contributed by atoms with E-state index in [9.17, 15) is 4.79 Å². The first-order chi connectivity index (χ1) is 9.43. The smallest absolute Gasteiger partial charge is 0.228 e. The van der Waals surface area contributed by atoms with Crippen LogP contribution in [0.4, 0.5) is 0 Å². The molecule has 1 heterocycles. The molecule has 2 rings (SSSR count). The van der Waals surface area contributed by atoms with Crippen LogP contribution in [0.2, 0.25) is 0 Å². The Labute approximate surface area is 119 Å². The summed E-state index contributed by atoms with van der Waals surface area (Å²) in [6, 6.07) is 6.13. The minimum absolute atomic E-state index is 0.347.